The third-order valence-corrected chi connectivity index (χ3v) is 4.13. The SMILES string of the molecule is CC(C(=O)O)C(C)c1nc(CSc2ccccc2)no1. The fourth-order valence-corrected chi connectivity index (χ4v) is 2.37. The second-order valence-electron chi connectivity index (χ2n) is 4.57. The van der Waals surface area contributed by atoms with Gasteiger partial charge in [0.05, 0.1) is 11.7 Å². The molecule has 0 radical (unpaired) electrons. The number of carboxylic acid groups (broad SMARTS) is 1. The van der Waals surface area contributed by atoms with Gasteiger partial charge in [0, 0.05) is 10.8 Å². The van der Waals surface area contributed by atoms with Crippen LogP contribution in [0.25, 0.3) is 0 Å². The molecular weight excluding hydrogens is 276 g/mol. The smallest absolute Gasteiger partial charge is 0.307 e. The summed E-state index contributed by atoms with van der Waals surface area (Å²) < 4.78 is 5.15. The lowest BCUT2D eigenvalue weighted by atomic mass is 9.96. The van der Waals surface area contributed by atoms with Crippen molar-refractivity contribution < 1.29 is 14.4 Å². The highest BCUT2D eigenvalue weighted by Crippen LogP contribution is 2.25. The molecule has 20 heavy (non-hydrogen) atoms. The summed E-state index contributed by atoms with van der Waals surface area (Å²) in [5.74, 6) is -0.153. The molecule has 0 fully saturated rings. The monoisotopic (exact) mass is 292 g/mol. The lowest BCUT2D eigenvalue weighted by Gasteiger charge is -2.10. The lowest BCUT2D eigenvalue weighted by molar-refractivity contribution is -0.141. The Balaban J connectivity index is 1.97. The largest absolute Gasteiger partial charge is 0.481 e. The summed E-state index contributed by atoms with van der Waals surface area (Å²) >= 11 is 1.61. The molecule has 1 aromatic carbocycles. The molecule has 2 atom stereocenters. The Morgan fingerprint density at radius 1 is 1.35 bits per heavy atom. The van der Waals surface area contributed by atoms with Gasteiger partial charge in [-0.1, -0.05) is 37.2 Å². The molecule has 1 aromatic heterocycles. The summed E-state index contributed by atoms with van der Waals surface area (Å²) in [6, 6.07) is 9.94. The molecule has 6 heteroatoms. The molecule has 0 spiro atoms. The molecule has 0 aliphatic carbocycles. The Bertz CT molecular complexity index is 571. The Morgan fingerprint density at radius 3 is 2.70 bits per heavy atom. The van der Waals surface area contributed by atoms with E-state index in [2.05, 4.69) is 10.1 Å². The van der Waals surface area contributed by atoms with Crippen molar-refractivity contribution in [2.45, 2.75) is 30.4 Å². The molecule has 0 saturated carbocycles. The minimum absolute atomic E-state index is 0.296. The lowest BCUT2D eigenvalue weighted by Crippen LogP contribution is -2.16. The topological polar surface area (TPSA) is 76.2 Å². The number of thioether (sulfide) groups is 1. The van der Waals surface area contributed by atoms with Gasteiger partial charge in [-0.2, -0.15) is 4.98 Å². The van der Waals surface area contributed by atoms with Gasteiger partial charge in [-0.05, 0) is 12.1 Å². The van der Waals surface area contributed by atoms with Crippen molar-refractivity contribution in [2.75, 3.05) is 0 Å². The number of nitrogens with zero attached hydrogens (tertiary/aromatic N) is 2. The van der Waals surface area contributed by atoms with Crippen molar-refractivity contribution in [1.29, 1.82) is 0 Å². The fourth-order valence-electron chi connectivity index (χ4n) is 1.60. The number of hydrogen-bond acceptors (Lipinski definition) is 5. The van der Waals surface area contributed by atoms with Crippen molar-refractivity contribution in [3.8, 4) is 0 Å². The van der Waals surface area contributed by atoms with E-state index < -0.39 is 11.9 Å². The van der Waals surface area contributed by atoms with E-state index in [0.29, 0.717) is 17.5 Å². The maximum Gasteiger partial charge on any atom is 0.307 e. The highest BCUT2D eigenvalue weighted by molar-refractivity contribution is 7.98. The standard InChI is InChI=1S/C14H16N2O3S/c1-9(10(2)14(17)18)13-15-12(16-19-13)8-20-11-6-4-3-5-7-11/h3-7,9-10H,8H2,1-2H3,(H,17,18). The van der Waals surface area contributed by atoms with E-state index in [-0.39, 0.29) is 5.92 Å². The fraction of sp³-hybridized carbons (Fsp3) is 0.357. The van der Waals surface area contributed by atoms with Crippen molar-refractivity contribution in [2.24, 2.45) is 5.92 Å². The van der Waals surface area contributed by atoms with E-state index in [4.69, 9.17) is 9.63 Å². The average molecular weight is 292 g/mol. The van der Waals surface area contributed by atoms with Crippen LogP contribution in [0.5, 0.6) is 0 Å². The quantitative estimate of drug-likeness (QED) is 0.824. The van der Waals surface area contributed by atoms with Crippen molar-refractivity contribution in [3.05, 3.63) is 42.0 Å². The van der Waals surface area contributed by atoms with Crippen LogP contribution in [0.3, 0.4) is 0 Å². The predicted molar refractivity (Wildman–Crippen MR) is 75.5 cm³/mol. The van der Waals surface area contributed by atoms with Crippen LogP contribution < -0.4 is 0 Å². The highest BCUT2D eigenvalue weighted by atomic mass is 32.2. The van der Waals surface area contributed by atoms with Gasteiger partial charge in [0.25, 0.3) is 0 Å². The number of hydrogen-bond donors (Lipinski definition) is 1. The van der Waals surface area contributed by atoms with E-state index in [1.165, 1.54) is 0 Å². The van der Waals surface area contributed by atoms with E-state index in [0.717, 1.165) is 4.90 Å². The number of carboxylic acids is 1. The van der Waals surface area contributed by atoms with Gasteiger partial charge >= 0.3 is 5.97 Å². The zero-order valence-electron chi connectivity index (χ0n) is 11.3. The number of rotatable bonds is 6. The van der Waals surface area contributed by atoms with Gasteiger partial charge in [-0.25, -0.2) is 0 Å². The van der Waals surface area contributed by atoms with Crippen LogP contribution in [0.1, 0.15) is 31.5 Å². The summed E-state index contributed by atoms with van der Waals surface area (Å²) in [5.41, 5.74) is 0. The zero-order chi connectivity index (χ0) is 14.5. The van der Waals surface area contributed by atoms with Crippen molar-refractivity contribution in [1.82, 2.24) is 10.1 Å². The van der Waals surface area contributed by atoms with Gasteiger partial charge in [-0.15, -0.1) is 11.8 Å². The molecule has 0 bridgehead atoms. The zero-order valence-corrected chi connectivity index (χ0v) is 12.1. The molecular formula is C14H16N2O3S. The Labute approximate surface area is 121 Å². The molecule has 2 unspecified atom stereocenters. The summed E-state index contributed by atoms with van der Waals surface area (Å²) in [6.07, 6.45) is 0. The number of aromatic nitrogens is 2. The molecule has 1 N–H and O–H groups in total. The van der Waals surface area contributed by atoms with Gasteiger partial charge in [0.1, 0.15) is 0 Å². The van der Waals surface area contributed by atoms with Crippen LogP contribution in [0.15, 0.2) is 39.8 Å². The summed E-state index contributed by atoms with van der Waals surface area (Å²) in [6.45, 7) is 3.41. The van der Waals surface area contributed by atoms with Crippen molar-refractivity contribution in [3.63, 3.8) is 0 Å². The van der Waals surface area contributed by atoms with Crippen molar-refractivity contribution >= 4 is 17.7 Å². The first-order valence-electron chi connectivity index (χ1n) is 6.31. The average Bonchev–Trinajstić information content (AvgIpc) is 2.93. The number of aliphatic carboxylic acids is 1. The van der Waals surface area contributed by atoms with Gasteiger partial charge in [-0.3, -0.25) is 4.79 Å². The molecule has 5 nitrogen and oxygen atoms in total. The highest BCUT2D eigenvalue weighted by Gasteiger charge is 2.25. The van der Waals surface area contributed by atoms with E-state index in [1.807, 2.05) is 30.3 Å². The first kappa shape index (κ1) is 14.6. The third-order valence-electron chi connectivity index (χ3n) is 3.12. The van der Waals surface area contributed by atoms with Gasteiger partial charge in [0.2, 0.25) is 5.89 Å². The van der Waals surface area contributed by atoms with Crippen LogP contribution in [0.2, 0.25) is 0 Å². The molecule has 1 heterocycles. The molecule has 2 rings (SSSR count). The van der Waals surface area contributed by atoms with Gasteiger partial charge in [0.15, 0.2) is 5.82 Å². The van der Waals surface area contributed by atoms with Gasteiger partial charge < -0.3 is 9.63 Å². The maximum atomic E-state index is 10.9. The Hall–Kier alpha value is -1.82. The number of carbonyl (C=O) groups is 1. The molecule has 0 amide bonds. The van der Waals surface area contributed by atoms with E-state index in [1.54, 1.807) is 25.6 Å². The first-order chi connectivity index (χ1) is 9.58. The van der Waals surface area contributed by atoms with Crippen LogP contribution >= 0.6 is 11.8 Å². The molecule has 2 aromatic rings. The minimum atomic E-state index is -0.865. The summed E-state index contributed by atoms with van der Waals surface area (Å²) in [4.78, 5) is 16.3. The van der Waals surface area contributed by atoms with Crippen LogP contribution in [0, 0.1) is 5.92 Å². The normalized spacial score (nSPS) is 13.9. The Morgan fingerprint density at radius 2 is 2.05 bits per heavy atom. The molecule has 0 saturated heterocycles. The van der Waals surface area contributed by atoms with E-state index in [9.17, 15) is 4.79 Å². The second kappa shape index (κ2) is 6.56. The minimum Gasteiger partial charge on any atom is -0.481 e. The first-order valence-corrected chi connectivity index (χ1v) is 7.29. The maximum absolute atomic E-state index is 10.9. The number of benzene rings is 1. The molecule has 0 aliphatic heterocycles. The summed E-state index contributed by atoms with van der Waals surface area (Å²) in [5, 5.41) is 12.9. The van der Waals surface area contributed by atoms with E-state index >= 15 is 0 Å². The van der Waals surface area contributed by atoms with Crippen LogP contribution in [-0.4, -0.2) is 21.2 Å². The predicted octanol–water partition coefficient (Wildman–Crippen LogP) is 3.19. The second-order valence-corrected chi connectivity index (χ2v) is 5.61. The summed E-state index contributed by atoms with van der Waals surface area (Å²) in [7, 11) is 0. The van der Waals surface area contributed by atoms with Crippen LogP contribution in [0.4, 0.5) is 0 Å². The Kier molecular flexibility index (Phi) is 4.79. The third kappa shape index (κ3) is 3.60. The van der Waals surface area contributed by atoms with Crippen LogP contribution in [-0.2, 0) is 10.5 Å². The molecule has 0 aliphatic rings. The molecule has 106 valence electrons.